The Bertz CT molecular complexity index is 1220. The summed E-state index contributed by atoms with van der Waals surface area (Å²) in [6.07, 6.45) is 3.18. The summed E-state index contributed by atoms with van der Waals surface area (Å²) in [5.41, 5.74) is 9.10. The maximum absolute atomic E-state index is 13.7. The summed E-state index contributed by atoms with van der Waals surface area (Å²) in [7, 11) is 0. The number of nitrogens with one attached hydrogen (secondary N) is 2. The van der Waals surface area contributed by atoms with Crippen LogP contribution in [0.4, 0.5) is 4.79 Å². The number of carbonyl (C=O) groups excluding carboxylic acids is 2. The molecule has 202 valence electrons. The fourth-order valence-electron chi connectivity index (χ4n) is 5.43. The maximum Gasteiger partial charge on any atom is 0.320 e. The smallest absolute Gasteiger partial charge is 0.320 e. The molecule has 3 amide bonds. The zero-order valence-corrected chi connectivity index (χ0v) is 21.8. The summed E-state index contributed by atoms with van der Waals surface area (Å²) in [5.74, 6) is -0.453. The van der Waals surface area contributed by atoms with Crippen molar-refractivity contribution in [2.75, 3.05) is 39.4 Å². The molecule has 0 radical (unpaired) electrons. The van der Waals surface area contributed by atoms with Crippen LogP contribution in [0.3, 0.4) is 0 Å². The van der Waals surface area contributed by atoms with Crippen LogP contribution in [0.2, 0.25) is 0 Å². The minimum absolute atomic E-state index is 0.0963. The molecular weight excluding hydrogens is 482 g/mol. The van der Waals surface area contributed by atoms with E-state index in [1.165, 1.54) is 5.56 Å². The van der Waals surface area contributed by atoms with Crippen LogP contribution in [0.25, 0.3) is 10.9 Å². The molecule has 0 unspecified atom stereocenters. The van der Waals surface area contributed by atoms with E-state index in [0.717, 1.165) is 29.3 Å². The predicted molar refractivity (Wildman–Crippen MR) is 146 cm³/mol. The van der Waals surface area contributed by atoms with Gasteiger partial charge in [0.1, 0.15) is 6.04 Å². The van der Waals surface area contributed by atoms with Gasteiger partial charge in [-0.05, 0) is 30.0 Å². The average molecular weight is 520 g/mol. The largest absolute Gasteiger partial charge is 0.361 e. The van der Waals surface area contributed by atoms with Crippen molar-refractivity contribution in [3.05, 3.63) is 71.9 Å². The second-order valence-electron chi connectivity index (χ2n) is 10.2. The van der Waals surface area contributed by atoms with E-state index in [2.05, 4.69) is 22.4 Å². The third-order valence-corrected chi connectivity index (χ3v) is 7.49. The molecule has 4 N–H and O–H groups in total. The molecule has 0 spiro atoms. The van der Waals surface area contributed by atoms with Gasteiger partial charge in [0.05, 0.1) is 25.8 Å². The van der Waals surface area contributed by atoms with Crippen molar-refractivity contribution < 1.29 is 19.1 Å². The number of hydrogen-bond acceptors (Lipinski definition) is 5. The lowest BCUT2D eigenvalue weighted by molar-refractivity contribution is -0.183. The summed E-state index contributed by atoms with van der Waals surface area (Å²) < 4.78 is 11.2. The summed E-state index contributed by atoms with van der Waals surface area (Å²) in [6, 6.07) is 17.4. The first-order chi connectivity index (χ1) is 18.5. The number of aryl methyl sites for hydroxylation is 1. The van der Waals surface area contributed by atoms with Gasteiger partial charge < -0.3 is 35.3 Å². The molecule has 0 saturated carbocycles. The number of fused-ring (bicyclic) bond motifs is 1. The van der Waals surface area contributed by atoms with Crippen molar-refractivity contribution in [3.8, 4) is 0 Å². The Hall–Kier alpha value is -3.40. The topological polar surface area (TPSA) is 113 Å². The van der Waals surface area contributed by atoms with E-state index < -0.39 is 12.3 Å². The van der Waals surface area contributed by atoms with Gasteiger partial charge in [-0.3, -0.25) is 4.79 Å². The van der Waals surface area contributed by atoms with Crippen LogP contribution in [-0.2, 0) is 20.7 Å². The predicted octanol–water partition coefficient (Wildman–Crippen LogP) is 2.83. The van der Waals surface area contributed by atoms with Crippen molar-refractivity contribution >= 4 is 22.8 Å². The molecule has 9 heteroatoms. The van der Waals surface area contributed by atoms with Crippen molar-refractivity contribution in [1.29, 1.82) is 0 Å². The first-order valence-corrected chi connectivity index (χ1v) is 13.4. The number of aromatic amines is 1. The van der Waals surface area contributed by atoms with Gasteiger partial charge >= 0.3 is 6.03 Å². The van der Waals surface area contributed by atoms with Crippen LogP contribution >= 0.6 is 0 Å². The molecule has 0 aliphatic carbocycles. The molecule has 9 nitrogen and oxygen atoms in total. The lowest BCUT2D eigenvalue weighted by Gasteiger charge is -2.33. The van der Waals surface area contributed by atoms with Gasteiger partial charge in [-0.15, -0.1) is 0 Å². The third-order valence-electron chi connectivity index (χ3n) is 7.49. The summed E-state index contributed by atoms with van der Waals surface area (Å²) >= 11 is 0. The van der Waals surface area contributed by atoms with Gasteiger partial charge in [0.2, 0.25) is 5.91 Å². The highest BCUT2D eigenvalue weighted by Gasteiger charge is 2.41. The second kappa shape index (κ2) is 12.0. The molecule has 3 heterocycles. The van der Waals surface area contributed by atoms with E-state index in [9.17, 15) is 9.59 Å². The number of aromatic nitrogens is 1. The number of ether oxygens (including phenoxy) is 2. The molecule has 2 fully saturated rings. The Morgan fingerprint density at radius 3 is 2.63 bits per heavy atom. The van der Waals surface area contributed by atoms with Crippen LogP contribution in [-0.4, -0.2) is 84.5 Å². The average Bonchev–Trinajstić information content (AvgIpc) is 3.53. The number of hydrogen-bond donors (Lipinski definition) is 3. The minimum Gasteiger partial charge on any atom is -0.361 e. The van der Waals surface area contributed by atoms with Crippen molar-refractivity contribution in [1.82, 2.24) is 20.1 Å². The molecule has 2 atom stereocenters. The van der Waals surface area contributed by atoms with Gasteiger partial charge in [0, 0.05) is 42.7 Å². The van der Waals surface area contributed by atoms with E-state index in [0.29, 0.717) is 32.8 Å². The highest BCUT2D eigenvalue weighted by molar-refractivity contribution is 5.91. The normalized spacial score (nSPS) is 21.6. The van der Waals surface area contributed by atoms with Crippen LogP contribution < -0.4 is 11.1 Å². The number of carbonyl (C=O) groups is 2. The van der Waals surface area contributed by atoms with E-state index in [-0.39, 0.29) is 30.4 Å². The summed E-state index contributed by atoms with van der Waals surface area (Å²) in [4.78, 5) is 34.2. The fraction of sp³-hybridized carbons (Fsp3) is 0.448. The Labute approximate surface area is 223 Å². The van der Waals surface area contributed by atoms with Crippen molar-refractivity contribution in [2.24, 2.45) is 5.73 Å². The Morgan fingerprint density at radius 2 is 1.84 bits per heavy atom. The Kier molecular flexibility index (Phi) is 8.26. The number of H-pyrrole nitrogens is 1. The standard InChI is InChI=1S/C29H37N5O4/c1-20(24-16-31-25-12-6-5-11-23(24)25)27(28(35)32-17-26-37-18-22(30)19-38-26)34-15-14-33(29(34)36)13-7-10-21-8-3-2-4-9-21/h2-6,8-9,11-12,16,20,22,26-27,31H,7,10,13-15,17-19,30H2,1H3,(H,32,35)/t20-,22?,26?,27+/m0/s1. The molecule has 2 aromatic carbocycles. The number of para-hydroxylation sites is 1. The number of amides is 3. The minimum atomic E-state index is -0.674. The maximum atomic E-state index is 13.7. The van der Waals surface area contributed by atoms with E-state index in [4.69, 9.17) is 15.2 Å². The van der Waals surface area contributed by atoms with Crippen LogP contribution in [0.15, 0.2) is 60.8 Å². The molecule has 3 aromatic rings. The van der Waals surface area contributed by atoms with Crippen LogP contribution in [0, 0.1) is 0 Å². The Morgan fingerprint density at radius 1 is 1.11 bits per heavy atom. The first kappa shape index (κ1) is 26.2. The highest BCUT2D eigenvalue weighted by atomic mass is 16.7. The number of nitrogens with two attached hydrogens (primary N) is 1. The van der Waals surface area contributed by atoms with Crippen molar-refractivity contribution in [3.63, 3.8) is 0 Å². The first-order valence-electron chi connectivity index (χ1n) is 13.4. The zero-order valence-electron chi connectivity index (χ0n) is 21.8. The highest BCUT2D eigenvalue weighted by Crippen LogP contribution is 2.31. The van der Waals surface area contributed by atoms with Gasteiger partial charge in [-0.2, -0.15) is 0 Å². The van der Waals surface area contributed by atoms with E-state index >= 15 is 0 Å². The monoisotopic (exact) mass is 519 g/mol. The summed E-state index contributed by atoms with van der Waals surface area (Å²) in [5, 5.41) is 4.04. The van der Waals surface area contributed by atoms with Crippen molar-refractivity contribution in [2.45, 2.75) is 44.1 Å². The SMILES string of the molecule is C[C@@H](c1c[nH]c2ccccc12)[C@H](C(=O)NCC1OCC(N)CO1)N1CCN(CCCc2ccccc2)C1=O. The molecule has 5 rings (SSSR count). The Balaban J connectivity index is 1.30. The number of nitrogens with zero attached hydrogens (tertiary/aromatic N) is 2. The van der Waals surface area contributed by atoms with E-state index in [1.807, 2.05) is 60.5 Å². The molecular formula is C29H37N5O4. The zero-order chi connectivity index (χ0) is 26.5. The van der Waals surface area contributed by atoms with Crippen LogP contribution in [0.5, 0.6) is 0 Å². The van der Waals surface area contributed by atoms with Crippen LogP contribution in [0.1, 0.15) is 30.4 Å². The lowest BCUT2D eigenvalue weighted by Crippen LogP contribution is -2.53. The molecule has 0 bridgehead atoms. The van der Waals surface area contributed by atoms with Gasteiger partial charge in [-0.1, -0.05) is 55.5 Å². The fourth-order valence-corrected chi connectivity index (χ4v) is 5.43. The number of rotatable bonds is 10. The number of urea groups is 1. The number of benzene rings is 2. The molecule has 2 aliphatic rings. The van der Waals surface area contributed by atoms with E-state index in [1.54, 1.807) is 4.90 Å². The molecule has 2 aliphatic heterocycles. The second-order valence-corrected chi connectivity index (χ2v) is 10.2. The molecule has 2 saturated heterocycles. The lowest BCUT2D eigenvalue weighted by atomic mass is 9.91. The summed E-state index contributed by atoms with van der Waals surface area (Å²) in [6.45, 7) is 4.74. The third kappa shape index (κ3) is 5.85. The van der Waals surface area contributed by atoms with Gasteiger partial charge in [0.25, 0.3) is 0 Å². The molecule has 38 heavy (non-hydrogen) atoms. The van der Waals surface area contributed by atoms with Gasteiger partial charge in [0.15, 0.2) is 6.29 Å². The quantitative estimate of drug-likeness (QED) is 0.381. The molecule has 1 aromatic heterocycles. The van der Waals surface area contributed by atoms with Gasteiger partial charge in [-0.25, -0.2) is 4.79 Å².